The van der Waals surface area contributed by atoms with E-state index in [0.29, 0.717) is 5.57 Å². The Morgan fingerprint density at radius 2 is 2.11 bits per heavy atom. The first-order valence-corrected chi connectivity index (χ1v) is 9.18. The van der Waals surface area contributed by atoms with Crippen LogP contribution in [0.5, 0.6) is 0 Å². The molecular weight excluding hydrogens is 485 g/mol. The van der Waals surface area contributed by atoms with Gasteiger partial charge in [0.2, 0.25) is 17.1 Å². The van der Waals surface area contributed by atoms with Crippen LogP contribution in [0.15, 0.2) is 18.2 Å². The zero-order valence-electron chi connectivity index (χ0n) is 15.0. The fraction of sp³-hybridized carbons (Fsp3) is 0.471. The maximum atomic E-state index is 12.4. The van der Waals surface area contributed by atoms with E-state index in [2.05, 4.69) is 0 Å². The zero-order valence-corrected chi connectivity index (χ0v) is 17.9. The molecule has 0 spiro atoms. The summed E-state index contributed by atoms with van der Waals surface area (Å²) in [6.45, 7) is 3.34. The molecule has 4 heterocycles. The summed E-state index contributed by atoms with van der Waals surface area (Å²) in [5.74, 6) is -2.26. The number of halogens is 1. The van der Waals surface area contributed by atoms with E-state index in [9.17, 15) is 24.9 Å². The summed E-state index contributed by atoms with van der Waals surface area (Å²) in [5.41, 5.74) is 1.36. The van der Waals surface area contributed by atoms with Crippen LogP contribution in [0.25, 0.3) is 10.4 Å². The molecule has 2 aromatic rings. The number of amides is 1. The molecule has 10 heteroatoms. The number of aryl methyl sites for hydroxylation is 1. The number of carboxylic acids is 1. The minimum Gasteiger partial charge on any atom is -1.00 e. The monoisotopic (exact) mass is 505 g/mol. The van der Waals surface area contributed by atoms with E-state index in [0.717, 1.165) is 15.4 Å². The van der Waals surface area contributed by atoms with E-state index >= 15 is 0 Å². The molecule has 0 saturated carbocycles. The highest BCUT2D eigenvalue weighted by Crippen LogP contribution is 2.51. The number of β-lactam (4-membered cyclic amide) rings is 1. The average molecular weight is 505 g/mol. The molecule has 0 aliphatic carbocycles. The number of aliphatic hydroxyl groups excluding tert-OH is 2. The lowest BCUT2D eigenvalue weighted by Gasteiger charge is -2.46. The number of aromatic nitrogens is 2. The number of carbonyl (C=O) groups excluding carboxylic acids is 1. The normalized spacial score (nSPS) is 25.4. The van der Waals surface area contributed by atoms with Crippen LogP contribution in [0.3, 0.4) is 0 Å². The van der Waals surface area contributed by atoms with Crippen molar-refractivity contribution in [2.45, 2.75) is 32.6 Å². The lowest BCUT2D eigenvalue weighted by Crippen LogP contribution is -3.00. The number of fused-ring (bicyclic) bond motifs is 2. The van der Waals surface area contributed by atoms with Gasteiger partial charge in [-0.3, -0.25) is 4.79 Å². The number of hydrogen-bond acceptors (Lipinski definition) is 5. The van der Waals surface area contributed by atoms with Gasteiger partial charge in [0, 0.05) is 11.5 Å². The van der Waals surface area contributed by atoms with Crippen LogP contribution < -0.4 is 28.4 Å². The minimum absolute atomic E-state index is 0. The van der Waals surface area contributed by atoms with E-state index in [1.165, 1.54) is 16.2 Å². The zero-order chi connectivity index (χ0) is 18.9. The van der Waals surface area contributed by atoms with Gasteiger partial charge in [-0.25, -0.2) is 9.36 Å². The Hall–Kier alpha value is -1.50. The quantitative estimate of drug-likeness (QED) is 0.233. The topological polar surface area (TPSA) is 107 Å². The first-order chi connectivity index (χ1) is 12.3. The Kier molecular flexibility index (Phi) is 5.12. The van der Waals surface area contributed by atoms with Crippen LogP contribution in [0.4, 0.5) is 0 Å². The molecule has 4 rings (SSSR count). The van der Waals surface area contributed by atoms with Gasteiger partial charge in [0.25, 0.3) is 0 Å². The third-order valence-electron chi connectivity index (χ3n) is 5.46. The number of aliphatic hydroxyl groups is 2. The van der Waals surface area contributed by atoms with E-state index in [-0.39, 0.29) is 54.1 Å². The Labute approximate surface area is 176 Å². The Morgan fingerprint density at radius 3 is 2.67 bits per heavy atom. The Balaban J connectivity index is 0.00000210. The van der Waals surface area contributed by atoms with Crippen molar-refractivity contribution in [3.63, 3.8) is 0 Å². The van der Waals surface area contributed by atoms with Gasteiger partial charge >= 0.3 is 5.97 Å². The third-order valence-corrected chi connectivity index (χ3v) is 6.64. The van der Waals surface area contributed by atoms with Gasteiger partial charge in [0.1, 0.15) is 18.5 Å². The lowest BCUT2D eigenvalue weighted by molar-refractivity contribution is -0.508. The second-order valence-corrected chi connectivity index (χ2v) is 7.99. The number of thiazole rings is 1. The summed E-state index contributed by atoms with van der Waals surface area (Å²) in [7, 11) is 1.84. The van der Waals surface area contributed by atoms with Gasteiger partial charge in [0.15, 0.2) is 5.69 Å². The highest BCUT2D eigenvalue weighted by Gasteiger charge is 2.60. The molecule has 1 amide bonds. The van der Waals surface area contributed by atoms with Crippen LogP contribution in [0.1, 0.15) is 24.4 Å². The number of carboxylic acid groups (broad SMARTS) is 1. The summed E-state index contributed by atoms with van der Waals surface area (Å²) in [6.07, 6.45) is 2.83. The van der Waals surface area contributed by atoms with Crippen molar-refractivity contribution in [3.05, 3.63) is 28.8 Å². The maximum absolute atomic E-state index is 12.4. The number of nitrogens with zero attached hydrogens (tertiary/aromatic N) is 3. The van der Waals surface area contributed by atoms with E-state index in [4.69, 9.17) is 0 Å². The number of rotatable bonds is 4. The fourth-order valence-corrected chi connectivity index (χ4v) is 5.56. The van der Waals surface area contributed by atoms with Crippen molar-refractivity contribution < 1.29 is 53.3 Å². The summed E-state index contributed by atoms with van der Waals surface area (Å²) in [6, 6.07) is -0.335. The van der Waals surface area contributed by atoms with Crippen molar-refractivity contribution >= 4 is 33.6 Å². The predicted molar refractivity (Wildman–Crippen MR) is 91.9 cm³/mol. The average Bonchev–Trinajstić information content (AvgIpc) is 3.14. The van der Waals surface area contributed by atoms with Crippen LogP contribution in [-0.4, -0.2) is 48.8 Å². The van der Waals surface area contributed by atoms with Gasteiger partial charge in [0.05, 0.1) is 30.0 Å². The largest absolute Gasteiger partial charge is 1.00 e. The maximum Gasteiger partial charge on any atom is 0.352 e. The van der Waals surface area contributed by atoms with Gasteiger partial charge in [-0.15, -0.1) is 0 Å². The van der Waals surface area contributed by atoms with Crippen LogP contribution in [0, 0.1) is 11.8 Å². The van der Waals surface area contributed by atoms with E-state index in [1.54, 1.807) is 6.92 Å². The highest BCUT2D eigenvalue weighted by atomic mass is 127. The molecule has 8 nitrogen and oxygen atoms in total. The van der Waals surface area contributed by atoms with Gasteiger partial charge in [-0.2, -0.15) is 4.40 Å². The van der Waals surface area contributed by atoms with Crippen LogP contribution in [-0.2, 0) is 23.2 Å². The summed E-state index contributed by atoms with van der Waals surface area (Å²) < 4.78 is 3.68. The lowest BCUT2D eigenvalue weighted by atomic mass is 9.77. The first kappa shape index (κ1) is 20.2. The first-order valence-electron chi connectivity index (χ1n) is 8.36. The number of carbonyl (C=O) groups is 2. The van der Waals surface area contributed by atoms with E-state index < -0.39 is 18.0 Å². The molecule has 3 N–H and O–H groups in total. The number of hydrogen-bond donors (Lipinski definition) is 3. The van der Waals surface area contributed by atoms with Crippen LogP contribution >= 0.6 is 11.3 Å². The molecule has 0 unspecified atom stereocenters. The van der Waals surface area contributed by atoms with Crippen molar-refractivity contribution in [2.24, 2.45) is 18.9 Å². The molecule has 27 heavy (non-hydrogen) atoms. The summed E-state index contributed by atoms with van der Waals surface area (Å²) >= 11 is 1.39. The fourth-order valence-electron chi connectivity index (χ4n) is 4.27. The van der Waals surface area contributed by atoms with Crippen molar-refractivity contribution in [2.75, 3.05) is 0 Å². The van der Waals surface area contributed by atoms with Gasteiger partial charge in [-0.05, 0) is 6.92 Å². The second kappa shape index (κ2) is 6.83. The van der Waals surface area contributed by atoms with Crippen molar-refractivity contribution in [1.29, 1.82) is 0 Å². The number of imidazole rings is 1. The molecule has 1 saturated heterocycles. The molecule has 1 fully saturated rings. The standard InChI is InChI=1S/C17H19N3O5S.HI/c1-7-11(10-4-19-6-18(3)9(5-21)16(19)26-10)14(17(24)25)20-13(7)12(8(2)22)15(20)23;/h4,6-8,12-13,21-22H,5H2,1-3H3;1H/t7-,8+,12+,13+;/m0./s1. The molecule has 4 atom stereocenters. The van der Waals surface area contributed by atoms with Gasteiger partial charge in [-0.1, -0.05) is 18.3 Å². The van der Waals surface area contributed by atoms with Crippen molar-refractivity contribution in [3.8, 4) is 0 Å². The molecule has 146 valence electrons. The minimum atomic E-state index is -1.14. The molecule has 0 radical (unpaired) electrons. The molecule has 2 aliphatic rings. The summed E-state index contributed by atoms with van der Waals surface area (Å²) in [5, 5.41) is 29.2. The van der Waals surface area contributed by atoms with Crippen molar-refractivity contribution in [1.82, 2.24) is 9.47 Å². The smallest absolute Gasteiger partial charge is 0.352 e. The SMILES string of the molecule is C[C@@H](O)[C@H]1C(=O)N2C(C(=O)O)=C(c3c[n+]4cn(C)c(CO)c4s3)[C@H](C)[C@H]12.[I-]. The predicted octanol–water partition coefficient (Wildman–Crippen LogP) is -3.03. The molecule has 2 aliphatic heterocycles. The molecular formula is C17H20IN3O5S. The molecule has 0 bridgehead atoms. The van der Waals surface area contributed by atoms with Gasteiger partial charge < -0.3 is 44.2 Å². The third kappa shape index (κ3) is 2.64. The summed E-state index contributed by atoms with van der Waals surface area (Å²) in [4.78, 5) is 27.2. The highest BCUT2D eigenvalue weighted by molar-refractivity contribution is 7.18. The van der Waals surface area contributed by atoms with E-state index in [1.807, 2.05) is 35.5 Å². The molecule has 0 aromatic carbocycles. The molecule has 2 aromatic heterocycles. The van der Waals surface area contributed by atoms with Crippen LogP contribution in [0.2, 0.25) is 0 Å². The number of aliphatic carboxylic acids is 1. The second-order valence-electron chi connectivity index (χ2n) is 6.96. The Bertz CT molecular complexity index is 979. The Morgan fingerprint density at radius 1 is 1.44 bits per heavy atom.